The van der Waals surface area contributed by atoms with Gasteiger partial charge in [-0.25, -0.2) is 4.79 Å². The lowest BCUT2D eigenvalue weighted by Gasteiger charge is -2.38. The highest BCUT2D eigenvalue weighted by Crippen LogP contribution is 2.26. The average Bonchev–Trinajstić information content (AvgIpc) is 2.87. The second kappa shape index (κ2) is 6.43. The van der Waals surface area contributed by atoms with Gasteiger partial charge in [0.1, 0.15) is 0 Å². The van der Waals surface area contributed by atoms with Gasteiger partial charge in [0, 0.05) is 12.6 Å². The molecule has 0 spiro atoms. The van der Waals surface area contributed by atoms with Crippen LogP contribution in [0.15, 0.2) is 0 Å². The lowest BCUT2D eigenvalue weighted by molar-refractivity contribution is -0.141. The van der Waals surface area contributed by atoms with Gasteiger partial charge in [-0.2, -0.15) is 0 Å². The minimum absolute atomic E-state index is 0.0146. The number of morpholine rings is 1. The lowest BCUT2D eigenvalue weighted by atomic mass is 10.1. The van der Waals surface area contributed by atoms with Crippen molar-refractivity contribution in [3.63, 3.8) is 0 Å². The molecular formula is C14H24N2O4. The topological polar surface area (TPSA) is 78.9 Å². The van der Waals surface area contributed by atoms with E-state index in [-0.39, 0.29) is 30.1 Å². The number of urea groups is 1. The summed E-state index contributed by atoms with van der Waals surface area (Å²) in [4.78, 5) is 25.1. The Morgan fingerprint density at radius 1 is 1.40 bits per heavy atom. The zero-order valence-corrected chi connectivity index (χ0v) is 12.2. The number of rotatable bonds is 3. The van der Waals surface area contributed by atoms with E-state index in [4.69, 9.17) is 9.84 Å². The molecule has 1 aliphatic carbocycles. The molecule has 1 heterocycles. The van der Waals surface area contributed by atoms with Crippen LogP contribution in [0.5, 0.6) is 0 Å². The van der Waals surface area contributed by atoms with Crippen molar-refractivity contribution in [1.82, 2.24) is 10.2 Å². The Morgan fingerprint density at radius 2 is 2.15 bits per heavy atom. The number of hydrogen-bond donors (Lipinski definition) is 2. The lowest BCUT2D eigenvalue weighted by Crippen LogP contribution is -2.55. The van der Waals surface area contributed by atoms with Crippen molar-refractivity contribution >= 4 is 12.0 Å². The molecule has 0 radical (unpaired) electrons. The van der Waals surface area contributed by atoms with Crippen molar-refractivity contribution in [1.29, 1.82) is 0 Å². The minimum Gasteiger partial charge on any atom is -0.481 e. The molecule has 2 N–H and O–H groups in total. The summed E-state index contributed by atoms with van der Waals surface area (Å²) in [7, 11) is 0. The maximum absolute atomic E-state index is 12.4. The first-order chi connectivity index (χ1) is 9.51. The normalized spacial score (nSPS) is 34.0. The van der Waals surface area contributed by atoms with Crippen LogP contribution < -0.4 is 5.32 Å². The third kappa shape index (κ3) is 3.42. The Balaban J connectivity index is 1.89. The summed E-state index contributed by atoms with van der Waals surface area (Å²) in [6.07, 6.45) is 2.86. The highest BCUT2D eigenvalue weighted by atomic mass is 16.5. The molecule has 6 nitrogen and oxygen atoms in total. The van der Waals surface area contributed by atoms with Crippen molar-refractivity contribution in [3.8, 4) is 0 Å². The molecule has 114 valence electrons. The molecule has 1 saturated carbocycles. The average molecular weight is 284 g/mol. The maximum atomic E-state index is 12.4. The molecule has 6 heteroatoms. The quantitative estimate of drug-likeness (QED) is 0.822. The summed E-state index contributed by atoms with van der Waals surface area (Å²) in [6, 6.07) is 0.0187. The third-order valence-corrected chi connectivity index (χ3v) is 4.31. The van der Waals surface area contributed by atoms with Crippen molar-refractivity contribution in [2.75, 3.05) is 13.2 Å². The standard InChI is InChI=1S/C14H24N2O4/c1-3-12-8-20-9(2)7-16(12)14(19)15-11-5-4-10(6-11)13(17)18/h9-12H,3-8H2,1-2H3,(H,15,19)(H,17,18). The van der Waals surface area contributed by atoms with Gasteiger partial charge in [0.15, 0.2) is 0 Å². The Morgan fingerprint density at radius 3 is 2.75 bits per heavy atom. The summed E-state index contributed by atoms with van der Waals surface area (Å²) < 4.78 is 5.58. The van der Waals surface area contributed by atoms with Gasteiger partial charge < -0.3 is 20.1 Å². The minimum atomic E-state index is -0.756. The zero-order valence-electron chi connectivity index (χ0n) is 12.2. The van der Waals surface area contributed by atoms with Crippen molar-refractivity contribution < 1.29 is 19.4 Å². The fourth-order valence-electron chi connectivity index (χ4n) is 3.03. The van der Waals surface area contributed by atoms with Gasteiger partial charge in [0.2, 0.25) is 0 Å². The van der Waals surface area contributed by atoms with Crippen LogP contribution in [0.2, 0.25) is 0 Å². The number of amides is 2. The number of nitrogens with one attached hydrogen (secondary N) is 1. The van der Waals surface area contributed by atoms with Gasteiger partial charge >= 0.3 is 12.0 Å². The molecule has 0 aromatic heterocycles. The van der Waals surface area contributed by atoms with E-state index in [0.717, 1.165) is 12.8 Å². The Bertz CT molecular complexity index is 374. The molecule has 1 saturated heterocycles. The predicted octanol–water partition coefficient (Wildman–Crippen LogP) is 1.45. The van der Waals surface area contributed by atoms with E-state index in [1.807, 2.05) is 18.7 Å². The molecular weight excluding hydrogens is 260 g/mol. The van der Waals surface area contributed by atoms with Gasteiger partial charge in [-0.1, -0.05) is 6.92 Å². The van der Waals surface area contributed by atoms with E-state index in [2.05, 4.69) is 5.32 Å². The van der Waals surface area contributed by atoms with Crippen LogP contribution in [0, 0.1) is 5.92 Å². The highest BCUT2D eigenvalue weighted by molar-refractivity contribution is 5.75. The molecule has 2 fully saturated rings. The number of ether oxygens (including phenoxy) is 1. The highest BCUT2D eigenvalue weighted by Gasteiger charge is 2.34. The Hall–Kier alpha value is -1.30. The van der Waals surface area contributed by atoms with Crippen LogP contribution >= 0.6 is 0 Å². The first-order valence-corrected chi connectivity index (χ1v) is 7.42. The number of hydrogen-bond acceptors (Lipinski definition) is 3. The number of carbonyl (C=O) groups excluding carboxylic acids is 1. The molecule has 2 amide bonds. The molecule has 1 aliphatic heterocycles. The SMILES string of the molecule is CCC1COC(C)CN1C(=O)NC1CCC(C(=O)O)C1. The fourth-order valence-corrected chi connectivity index (χ4v) is 3.03. The van der Waals surface area contributed by atoms with Crippen molar-refractivity contribution in [3.05, 3.63) is 0 Å². The molecule has 0 bridgehead atoms. The first kappa shape index (κ1) is 15.1. The predicted molar refractivity (Wildman–Crippen MR) is 73.5 cm³/mol. The van der Waals surface area contributed by atoms with Crippen LogP contribution in [-0.2, 0) is 9.53 Å². The van der Waals surface area contributed by atoms with Crippen LogP contribution in [0.4, 0.5) is 4.79 Å². The summed E-state index contributed by atoms with van der Waals surface area (Å²) in [5, 5.41) is 12.0. The number of nitrogens with zero attached hydrogens (tertiary/aromatic N) is 1. The molecule has 0 aromatic rings. The van der Waals surface area contributed by atoms with E-state index in [0.29, 0.717) is 26.0 Å². The zero-order chi connectivity index (χ0) is 14.7. The first-order valence-electron chi connectivity index (χ1n) is 7.42. The van der Waals surface area contributed by atoms with E-state index >= 15 is 0 Å². The van der Waals surface area contributed by atoms with Crippen LogP contribution in [0.1, 0.15) is 39.5 Å². The molecule has 4 unspecified atom stereocenters. The van der Waals surface area contributed by atoms with Gasteiger partial charge in [0.25, 0.3) is 0 Å². The summed E-state index contributed by atoms with van der Waals surface area (Å²) in [5.74, 6) is -1.07. The smallest absolute Gasteiger partial charge is 0.318 e. The largest absolute Gasteiger partial charge is 0.481 e. The van der Waals surface area contributed by atoms with E-state index in [1.54, 1.807) is 0 Å². The molecule has 20 heavy (non-hydrogen) atoms. The van der Waals surface area contributed by atoms with Crippen molar-refractivity contribution in [2.45, 2.75) is 57.7 Å². The molecule has 2 rings (SSSR count). The molecule has 4 atom stereocenters. The molecule has 2 aliphatic rings. The van der Waals surface area contributed by atoms with Gasteiger partial charge in [-0.05, 0) is 32.6 Å². The monoisotopic (exact) mass is 284 g/mol. The van der Waals surface area contributed by atoms with E-state index < -0.39 is 5.97 Å². The van der Waals surface area contributed by atoms with Crippen LogP contribution in [0.3, 0.4) is 0 Å². The number of carbonyl (C=O) groups is 2. The maximum Gasteiger partial charge on any atom is 0.318 e. The summed E-state index contributed by atoms with van der Waals surface area (Å²) >= 11 is 0. The van der Waals surface area contributed by atoms with Crippen molar-refractivity contribution in [2.24, 2.45) is 5.92 Å². The van der Waals surface area contributed by atoms with E-state index in [9.17, 15) is 9.59 Å². The number of aliphatic carboxylic acids is 1. The summed E-state index contributed by atoms with van der Waals surface area (Å²) in [6.45, 7) is 5.18. The second-order valence-electron chi connectivity index (χ2n) is 5.85. The third-order valence-electron chi connectivity index (χ3n) is 4.31. The van der Waals surface area contributed by atoms with Gasteiger partial charge in [-0.15, -0.1) is 0 Å². The van der Waals surface area contributed by atoms with Crippen LogP contribution in [0.25, 0.3) is 0 Å². The second-order valence-corrected chi connectivity index (χ2v) is 5.85. The molecule has 0 aromatic carbocycles. The van der Waals surface area contributed by atoms with E-state index in [1.165, 1.54) is 0 Å². The number of carboxylic acids is 1. The van der Waals surface area contributed by atoms with Crippen LogP contribution in [-0.4, -0.2) is 53.3 Å². The Kier molecular flexibility index (Phi) is 4.86. The Labute approximate surface area is 119 Å². The fraction of sp³-hybridized carbons (Fsp3) is 0.857. The summed E-state index contributed by atoms with van der Waals surface area (Å²) in [5.41, 5.74) is 0. The van der Waals surface area contributed by atoms with Gasteiger partial charge in [0.05, 0.1) is 24.7 Å². The number of carboxylic acid groups (broad SMARTS) is 1. The van der Waals surface area contributed by atoms with Gasteiger partial charge in [-0.3, -0.25) is 4.79 Å².